The minimum Gasteiger partial charge on any atom is -0.364 e. The molecule has 1 fully saturated rings. The molecular weight excluding hydrogens is 263 g/mol. The van der Waals surface area contributed by atoms with E-state index in [1.165, 1.54) is 19.0 Å². The molecule has 1 heterocycles. The van der Waals surface area contributed by atoms with Gasteiger partial charge in [-0.25, -0.2) is 9.37 Å². The fraction of sp³-hybridized carbons (Fsp3) is 0.692. The molecule has 4 nitrogen and oxygen atoms in total. The van der Waals surface area contributed by atoms with E-state index in [1.807, 2.05) is 11.8 Å². The molecule has 1 aliphatic rings. The number of halogens is 1. The molecule has 0 bridgehead atoms. The van der Waals surface area contributed by atoms with Crippen molar-refractivity contribution in [3.8, 4) is 0 Å². The number of rotatable bonds is 6. The van der Waals surface area contributed by atoms with Crippen LogP contribution < -0.4 is 10.6 Å². The van der Waals surface area contributed by atoms with E-state index in [1.54, 1.807) is 0 Å². The number of aromatic nitrogens is 2. The molecule has 0 aromatic carbocycles. The van der Waals surface area contributed by atoms with Crippen LogP contribution in [0.1, 0.15) is 32.6 Å². The predicted molar refractivity (Wildman–Crippen MR) is 79.3 cm³/mol. The number of thioether (sulfide) groups is 1. The lowest BCUT2D eigenvalue weighted by Gasteiger charge is -2.20. The minimum atomic E-state index is -0.381. The van der Waals surface area contributed by atoms with Gasteiger partial charge in [-0.05, 0) is 25.5 Å². The highest BCUT2D eigenvalue weighted by Gasteiger charge is 2.27. The maximum atomic E-state index is 13.8. The van der Waals surface area contributed by atoms with Gasteiger partial charge in [-0.15, -0.1) is 0 Å². The van der Waals surface area contributed by atoms with Crippen molar-refractivity contribution >= 4 is 23.5 Å². The van der Waals surface area contributed by atoms with Crippen LogP contribution in [0.5, 0.6) is 0 Å². The quantitative estimate of drug-likeness (QED) is 0.840. The van der Waals surface area contributed by atoms with Crippen LogP contribution >= 0.6 is 11.8 Å². The lowest BCUT2D eigenvalue weighted by molar-refractivity contribution is 0.611. The third kappa shape index (κ3) is 3.72. The van der Waals surface area contributed by atoms with Gasteiger partial charge in [-0.2, -0.15) is 16.7 Å². The topological polar surface area (TPSA) is 49.8 Å². The largest absolute Gasteiger partial charge is 0.364 e. The summed E-state index contributed by atoms with van der Waals surface area (Å²) < 4.78 is 13.8. The van der Waals surface area contributed by atoms with Crippen molar-refractivity contribution < 1.29 is 4.39 Å². The third-order valence-electron chi connectivity index (χ3n) is 3.35. The van der Waals surface area contributed by atoms with Gasteiger partial charge in [-0.1, -0.05) is 13.3 Å². The summed E-state index contributed by atoms with van der Waals surface area (Å²) in [6, 6.07) is 0.304. The van der Waals surface area contributed by atoms with Crippen molar-refractivity contribution in [1.82, 2.24) is 9.97 Å². The molecule has 2 rings (SSSR count). The van der Waals surface area contributed by atoms with Crippen molar-refractivity contribution in [2.45, 2.75) is 43.9 Å². The molecule has 2 unspecified atom stereocenters. The van der Waals surface area contributed by atoms with Crippen LogP contribution in [-0.4, -0.2) is 34.1 Å². The second kappa shape index (κ2) is 6.93. The molecule has 0 radical (unpaired) electrons. The highest BCUT2D eigenvalue weighted by Crippen LogP contribution is 2.31. The molecule has 1 aromatic rings. The van der Waals surface area contributed by atoms with Crippen LogP contribution in [0, 0.1) is 5.82 Å². The second-order valence-corrected chi connectivity index (χ2v) is 5.85. The lowest BCUT2D eigenvalue weighted by Crippen LogP contribution is -2.27. The lowest BCUT2D eigenvalue weighted by atomic mass is 10.2. The van der Waals surface area contributed by atoms with Crippen molar-refractivity contribution in [3.05, 3.63) is 12.0 Å². The number of anilines is 2. The summed E-state index contributed by atoms with van der Waals surface area (Å²) in [5, 5.41) is 6.86. The van der Waals surface area contributed by atoms with E-state index in [9.17, 15) is 4.39 Å². The Bertz CT molecular complexity index is 416. The molecule has 106 valence electrons. The van der Waals surface area contributed by atoms with Gasteiger partial charge in [0.25, 0.3) is 0 Å². The Morgan fingerprint density at radius 2 is 2.32 bits per heavy atom. The SMILES string of the molecule is CCCNc1ncc(F)c(NC2CCCC2SC)n1. The first-order valence-corrected chi connectivity index (χ1v) is 8.09. The summed E-state index contributed by atoms with van der Waals surface area (Å²) in [6.07, 6.45) is 7.78. The molecule has 19 heavy (non-hydrogen) atoms. The maximum absolute atomic E-state index is 13.8. The van der Waals surface area contributed by atoms with Gasteiger partial charge in [0, 0.05) is 17.8 Å². The summed E-state index contributed by atoms with van der Waals surface area (Å²) in [5.74, 6) is 0.429. The van der Waals surface area contributed by atoms with Gasteiger partial charge >= 0.3 is 0 Å². The van der Waals surface area contributed by atoms with Crippen molar-refractivity contribution in [2.24, 2.45) is 0 Å². The van der Waals surface area contributed by atoms with Gasteiger partial charge in [-0.3, -0.25) is 0 Å². The van der Waals surface area contributed by atoms with E-state index < -0.39 is 0 Å². The molecule has 0 aliphatic heterocycles. The first-order valence-electron chi connectivity index (χ1n) is 6.80. The van der Waals surface area contributed by atoms with Crippen LogP contribution in [0.15, 0.2) is 6.20 Å². The average molecular weight is 284 g/mol. The van der Waals surface area contributed by atoms with Crippen molar-refractivity contribution in [3.63, 3.8) is 0 Å². The number of hydrogen-bond acceptors (Lipinski definition) is 5. The van der Waals surface area contributed by atoms with Crippen molar-refractivity contribution in [1.29, 1.82) is 0 Å². The van der Waals surface area contributed by atoms with Crippen LogP contribution in [0.25, 0.3) is 0 Å². The van der Waals surface area contributed by atoms with Crippen LogP contribution in [0.4, 0.5) is 16.2 Å². The first kappa shape index (κ1) is 14.4. The molecule has 2 N–H and O–H groups in total. The Kier molecular flexibility index (Phi) is 5.24. The second-order valence-electron chi connectivity index (χ2n) is 4.77. The molecule has 1 aromatic heterocycles. The Morgan fingerprint density at radius 1 is 1.47 bits per heavy atom. The van der Waals surface area contributed by atoms with E-state index >= 15 is 0 Å². The normalized spacial score (nSPS) is 22.5. The maximum Gasteiger partial charge on any atom is 0.224 e. The fourth-order valence-corrected chi connectivity index (χ4v) is 3.27. The van der Waals surface area contributed by atoms with E-state index in [4.69, 9.17) is 0 Å². The molecule has 0 spiro atoms. The zero-order valence-electron chi connectivity index (χ0n) is 11.4. The van der Waals surface area contributed by atoms with Gasteiger partial charge in [0.1, 0.15) is 0 Å². The minimum absolute atomic E-state index is 0.304. The average Bonchev–Trinajstić information content (AvgIpc) is 2.87. The summed E-state index contributed by atoms with van der Waals surface area (Å²) >= 11 is 1.84. The van der Waals surface area contributed by atoms with Gasteiger partial charge < -0.3 is 10.6 Å². The summed E-state index contributed by atoms with van der Waals surface area (Å²) in [5.41, 5.74) is 0. The van der Waals surface area contributed by atoms with Gasteiger partial charge in [0.15, 0.2) is 11.6 Å². The Balaban J connectivity index is 2.05. The molecule has 1 saturated carbocycles. The predicted octanol–water partition coefficient (Wildman–Crippen LogP) is 3.13. The third-order valence-corrected chi connectivity index (χ3v) is 4.52. The number of nitrogens with one attached hydrogen (secondary N) is 2. The Morgan fingerprint density at radius 3 is 3.05 bits per heavy atom. The van der Waals surface area contributed by atoms with Crippen LogP contribution in [-0.2, 0) is 0 Å². The molecule has 0 amide bonds. The molecular formula is C13H21FN4S. The van der Waals surface area contributed by atoms with E-state index in [-0.39, 0.29) is 5.82 Å². The molecule has 2 atom stereocenters. The fourth-order valence-electron chi connectivity index (χ4n) is 2.34. The van der Waals surface area contributed by atoms with Crippen LogP contribution in [0.2, 0.25) is 0 Å². The van der Waals surface area contributed by atoms with E-state index in [0.29, 0.717) is 23.1 Å². The summed E-state index contributed by atoms with van der Waals surface area (Å²) in [7, 11) is 0. The number of nitrogens with zero attached hydrogens (tertiary/aromatic N) is 2. The van der Waals surface area contributed by atoms with Crippen LogP contribution in [0.3, 0.4) is 0 Å². The number of hydrogen-bond donors (Lipinski definition) is 2. The molecule has 6 heteroatoms. The highest BCUT2D eigenvalue weighted by atomic mass is 32.2. The first-order chi connectivity index (χ1) is 9.24. The zero-order chi connectivity index (χ0) is 13.7. The Labute approximate surface area is 118 Å². The summed E-state index contributed by atoms with van der Waals surface area (Å²) in [6.45, 7) is 2.86. The smallest absolute Gasteiger partial charge is 0.224 e. The standard InChI is InChI=1S/C13H21FN4S/c1-3-7-15-13-16-8-9(14)12(18-13)17-10-5-4-6-11(10)19-2/h8,10-11H,3-7H2,1-2H3,(H2,15,16,17,18). The Hall–Kier alpha value is -1.04. The van der Waals surface area contributed by atoms with E-state index in [2.05, 4.69) is 33.8 Å². The molecule has 1 aliphatic carbocycles. The highest BCUT2D eigenvalue weighted by molar-refractivity contribution is 7.99. The van der Waals surface area contributed by atoms with Gasteiger partial charge in [0.05, 0.1) is 6.20 Å². The van der Waals surface area contributed by atoms with Gasteiger partial charge in [0.2, 0.25) is 5.95 Å². The zero-order valence-corrected chi connectivity index (χ0v) is 12.3. The van der Waals surface area contributed by atoms with Crippen molar-refractivity contribution in [2.75, 3.05) is 23.4 Å². The molecule has 0 saturated heterocycles. The van der Waals surface area contributed by atoms with E-state index in [0.717, 1.165) is 19.4 Å². The summed E-state index contributed by atoms with van der Waals surface area (Å²) in [4.78, 5) is 8.17. The monoisotopic (exact) mass is 284 g/mol.